The first kappa shape index (κ1) is 19.2. The SMILES string of the molecule is CCCC(N)C(=O)N(C)CCCCCc1cc(-c2ccccc2)n[nH]1. The number of H-pyrrole nitrogens is 1. The van der Waals surface area contributed by atoms with Crippen LogP contribution < -0.4 is 5.73 Å². The summed E-state index contributed by atoms with van der Waals surface area (Å²) in [6, 6.07) is 12.0. The largest absolute Gasteiger partial charge is 0.344 e. The molecular formula is C20H30N4O. The van der Waals surface area contributed by atoms with Gasteiger partial charge >= 0.3 is 0 Å². The van der Waals surface area contributed by atoms with Crippen LogP contribution in [0.3, 0.4) is 0 Å². The molecule has 0 saturated carbocycles. The van der Waals surface area contributed by atoms with Gasteiger partial charge in [-0.25, -0.2) is 0 Å². The number of unbranched alkanes of at least 4 members (excludes halogenated alkanes) is 2. The lowest BCUT2D eigenvalue weighted by Crippen LogP contribution is -2.42. The van der Waals surface area contributed by atoms with Gasteiger partial charge in [-0.05, 0) is 31.7 Å². The molecule has 0 spiro atoms. The van der Waals surface area contributed by atoms with Gasteiger partial charge in [-0.15, -0.1) is 0 Å². The highest BCUT2D eigenvalue weighted by Gasteiger charge is 2.16. The molecule has 1 aromatic heterocycles. The van der Waals surface area contributed by atoms with Crippen molar-refractivity contribution >= 4 is 5.91 Å². The molecule has 0 bridgehead atoms. The maximum Gasteiger partial charge on any atom is 0.239 e. The zero-order chi connectivity index (χ0) is 18.1. The van der Waals surface area contributed by atoms with Crippen molar-refractivity contribution in [1.29, 1.82) is 0 Å². The quantitative estimate of drug-likeness (QED) is 0.650. The van der Waals surface area contributed by atoms with Crippen LogP contribution >= 0.6 is 0 Å². The molecular weight excluding hydrogens is 312 g/mol. The maximum absolute atomic E-state index is 12.0. The molecule has 5 nitrogen and oxygen atoms in total. The van der Waals surface area contributed by atoms with E-state index in [0.29, 0.717) is 0 Å². The van der Waals surface area contributed by atoms with Crippen LogP contribution in [0.5, 0.6) is 0 Å². The molecule has 2 rings (SSSR count). The predicted octanol–water partition coefficient (Wildman–Crippen LogP) is 3.38. The van der Waals surface area contributed by atoms with Crippen molar-refractivity contribution < 1.29 is 4.79 Å². The van der Waals surface area contributed by atoms with Gasteiger partial charge in [-0.1, -0.05) is 50.1 Å². The second-order valence-corrected chi connectivity index (χ2v) is 6.61. The molecule has 1 unspecified atom stereocenters. The Bertz CT molecular complexity index is 638. The number of rotatable bonds is 10. The van der Waals surface area contributed by atoms with E-state index >= 15 is 0 Å². The van der Waals surface area contributed by atoms with Crippen LogP contribution in [0.15, 0.2) is 36.4 Å². The first-order chi connectivity index (χ1) is 12.1. The normalized spacial score (nSPS) is 12.1. The van der Waals surface area contributed by atoms with E-state index < -0.39 is 0 Å². The third-order valence-electron chi connectivity index (χ3n) is 4.43. The minimum Gasteiger partial charge on any atom is -0.344 e. The monoisotopic (exact) mass is 342 g/mol. The minimum atomic E-state index is -0.351. The Morgan fingerprint density at radius 1 is 1.24 bits per heavy atom. The number of likely N-dealkylation sites (N-methyl/N-ethyl adjacent to an activating group) is 1. The summed E-state index contributed by atoms with van der Waals surface area (Å²) in [5.74, 6) is 0.0583. The summed E-state index contributed by atoms with van der Waals surface area (Å²) in [6.07, 6.45) is 5.84. The van der Waals surface area contributed by atoms with Gasteiger partial charge in [0.15, 0.2) is 0 Å². The van der Waals surface area contributed by atoms with Gasteiger partial charge in [0.05, 0.1) is 11.7 Å². The number of nitrogens with two attached hydrogens (primary N) is 1. The van der Waals surface area contributed by atoms with Crippen molar-refractivity contribution in [3.63, 3.8) is 0 Å². The highest BCUT2D eigenvalue weighted by atomic mass is 16.2. The Labute approximate surface area is 150 Å². The van der Waals surface area contributed by atoms with Gasteiger partial charge in [0.2, 0.25) is 5.91 Å². The minimum absolute atomic E-state index is 0.0583. The van der Waals surface area contributed by atoms with Crippen LogP contribution in [0.1, 0.15) is 44.7 Å². The number of aryl methyl sites for hydroxylation is 1. The summed E-state index contributed by atoms with van der Waals surface area (Å²) in [4.78, 5) is 13.8. The summed E-state index contributed by atoms with van der Waals surface area (Å²) in [5, 5.41) is 7.50. The fourth-order valence-electron chi connectivity index (χ4n) is 2.92. The lowest BCUT2D eigenvalue weighted by molar-refractivity contribution is -0.131. The molecule has 0 aliphatic rings. The van der Waals surface area contributed by atoms with E-state index in [1.165, 1.54) is 0 Å². The lowest BCUT2D eigenvalue weighted by Gasteiger charge is -2.20. The molecule has 1 amide bonds. The maximum atomic E-state index is 12.0. The van der Waals surface area contributed by atoms with E-state index in [0.717, 1.165) is 62.0 Å². The van der Waals surface area contributed by atoms with Crippen LogP contribution in [-0.4, -0.2) is 40.6 Å². The van der Waals surface area contributed by atoms with Crippen LogP contribution in [0.4, 0.5) is 0 Å². The summed E-state index contributed by atoms with van der Waals surface area (Å²) in [5.41, 5.74) is 9.17. The fraction of sp³-hybridized carbons (Fsp3) is 0.500. The lowest BCUT2D eigenvalue weighted by atomic mass is 10.1. The van der Waals surface area contributed by atoms with Crippen LogP contribution in [0.25, 0.3) is 11.3 Å². The number of aromatic nitrogens is 2. The topological polar surface area (TPSA) is 75.0 Å². The van der Waals surface area contributed by atoms with Gasteiger partial charge in [0, 0.05) is 24.8 Å². The Morgan fingerprint density at radius 3 is 2.72 bits per heavy atom. The second-order valence-electron chi connectivity index (χ2n) is 6.61. The molecule has 0 saturated heterocycles. The zero-order valence-corrected chi connectivity index (χ0v) is 15.4. The van der Waals surface area contributed by atoms with E-state index in [1.807, 2.05) is 32.2 Å². The number of carbonyl (C=O) groups is 1. The predicted molar refractivity (Wildman–Crippen MR) is 102 cm³/mol. The van der Waals surface area contributed by atoms with Crippen molar-refractivity contribution in [3.05, 3.63) is 42.1 Å². The van der Waals surface area contributed by atoms with E-state index in [1.54, 1.807) is 4.90 Å². The van der Waals surface area contributed by atoms with Crippen LogP contribution in [0, 0.1) is 0 Å². The first-order valence-electron chi connectivity index (χ1n) is 9.22. The number of hydrogen-bond acceptors (Lipinski definition) is 3. The van der Waals surface area contributed by atoms with Crippen LogP contribution in [0.2, 0.25) is 0 Å². The second kappa shape index (κ2) is 9.99. The Morgan fingerprint density at radius 2 is 2.00 bits per heavy atom. The Hall–Kier alpha value is -2.14. The summed E-state index contributed by atoms with van der Waals surface area (Å²) in [6.45, 7) is 2.82. The smallest absolute Gasteiger partial charge is 0.239 e. The zero-order valence-electron chi connectivity index (χ0n) is 15.4. The molecule has 25 heavy (non-hydrogen) atoms. The molecule has 5 heteroatoms. The third kappa shape index (κ3) is 6.02. The van der Waals surface area contributed by atoms with E-state index in [9.17, 15) is 4.79 Å². The third-order valence-corrected chi connectivity index (χ3v) is 4.43. The van der Waals surface area contributed by atoms with E-state index in [2.05, 4.69) is 28.4 Å². The van der Waals surface area contributed by atoms with E-state index in [-0.39, 0.29) is 11.9 Å². The number of hydrogen-bond donors (Lipinski definition) is 2. The van der Waals surface area contributed by atoms with Crippen molar-refractivity contribution in [2.24, 2.45) is 5.73 Å². The standard InChI is InChI=1S/C20H30N4O/c1-3-10-18(21)20(25)24(2)14-9-5-8-13-17-15-19(23-22-17)16-11-6-4-7-12-16/h4,6-7,11-12,15,18H,3,5,8-10,13-14,21H2,1-2H3,(H,22,23). The number of benzene rings is 1. The molecule has 1 aromatic carbocycles. The molecule has 1 heterocycles. The Balaban J connectivity index is 1.67. The number of aromatic amines is 1. The van der Waals surface area contributed by atoms with Crippen molar-refractivity contribution in [3.8, 4) is 11.3 Å². The number of nitrogens with one attached hydrogen (secondary N) is 1. The van der Waals surface area contributed by atoms with Gasteiger partial charge in [-0.3, -0.25) is 9.89 Å². The van der Waals surface area contributed by atoms with Crippen molar-refractivity contribution in [2.75, 3.05) is 13.6 Å². The first-order valence-corrected chi connectivity index (χ1v) is 9.22. The highest BCUT2D eigenvalue weighted by molar-refractivity contribution is 5.81. The number of carbonyl (C=O) groups excluding carboxylic acids is 1. The average Bonchev–Trinajstić information content (AvgIpc) is 3.10. The summed E-state index contributed by atoms with van der Waals surface area (Å²) < 4.78 is 0. The molecule has 0 fully saturated rings. The fourth-order valence-corrected chi connectivity index (χ4v) is 2.92. The highest BCUT2D eigenvalue weighted by Crippen LogP contribution is 2.17. The van der Waals surface area contributed by atoms with Crippen molar-refractivity contribution in [1.82, 2.24) is 15.1 Å². The molecule has 3 N–H and O–H groups in total. The van der Waals surface area contributed by atoms with Gasteiger partial charge in [0.1, 0.15) is 0 Å². The van der Waals surface area contributed by atoms with Crippen molar-refractivity contribution in [2.45, 2.75) is 51.5 Å². The van der Waals surface area contributed by atoms with Crippen LogP contribution in [-0.2, 0) is 11.2 Å². The average molecular weight is 342 g/mol. The van der Waals surface area contributed by atoms with Gasteiger partial charge in [-0.2, -0.15) is 5.10 Å². The summed E-state index contributed by atoms with van der Waals surface area (Å²) in [7, 11) is 1.85. The van der Waals surface area contributed by atoms with Gasteiger partial charge in [0.25, 0.3) is 0 Å². The Kier molecular flexibility index (Phi) is 7.67. The molecule has 0 aliphatic carbocycles. The molecule has 1 atom stereocenters. The molecule has 136 valence electrons. The molecule has 0 radical (unpaired) electrons. The number of nitrogens with zero attached hydrogens (tertiary/aromatic N) is 2. The van der Waals surface area contributed by atoms with Gasteiger partial charge < -0.3 is 10.6 Å². The summed E-state index contributed by atoms with van der Waals surface area (Å²) >= 11 is 0. The molecule has 2 aromatic rings. The number of amides is 1. The van der Waals surface area contributed by atoms with E-state index in [4.69, 9.17) is 5.73 Å². The molecule has 0 aliphatic heterocycles.